The minimum Gasteiger partial charge on any atom is -0.475 e. The smallest absolute Gasteiger partial charge is 0.248 e. The van der Waals surface area contributed by atoms with E-state index in [0.29, 0.717) is 11.4 Å². The van der Waals surface area contributed by atoms with Crippen LogP contribution in [0.2, 0.25) is 0 Å². The molecule has 0 saturated carbocycles. The average molecular weight is 230 g/mol. The number of nitrogens with two attached hydrogens (primary N) is 1. The highest BCUT2D eigenvalue weighted by molar-refractivity contribution is 5.98. The Balaban J connectivity index is 2.54. The van der Waals surface area contributed by atoms with Gasteiger partial charge in [0.2, 0.25) is 11.8 Å². The van der Waals surface area contributed by atoms with E-state index in [-0.39, 0.29) is 6.10 Å². The number of hydrogen-bond acceptors (Lipinski definition) is 3. The lowest BCUT2D eigenvalue weighted by molar-refractivity contribution is 0.100. The molecule has 4 heteroatoms. The Morgan fingerprint density at radius 1 is 1.35 bits per heavy atom. The maximum atomic E-state index is 11.1. The van der Waals surface area contributed by atoms with Gasteiger partial charge < -0.3 is 10.5 Å². The molecule has 0 saturated heterocycles. The number of carbonyl (C=O) groups is 1. The van der Waals surface area contributed by atoms with Crippen molar-refractivity contribution in [2.45, 2.75) is 20.0 Å². The second kappa shape index (κ2) is 4.41. The fourth-order valence-corrected chi connectivity index (χ4v) is 1.62. The van der Waals surface area contributed by atoms with Crippen molar-refractivity contribution in [2.24, 2.45) is 5.73 Å². The second-order valence-electron chi connectivity index (χ2n) is 4.08. The number of hydrogen-bond donors (Lipinski definition) is 1. The van der Waals surface area contributed by atoms with Gasteiger partial charge in [-0.2, -0.15) is 0 Å². The minimum absolute atomic E-state index is 0.0592. The Hall–Kier alpha value is -2.10. The molecule has 0 fully saturated rings. The average Bonchev–Trinajstić information content (AvgIpc) is 2.28. The van der Waals surface area contributed by atoms with E-state index in [1.54, 1.807) is 24.4 Å². The molecule has 0 bridgehead atoms. The molecule has 0 atom stereocenters. The van der Waals surface area contributed by atoms with Crippen molar-refractivity contribution >= 4 is 16.7 Å². The molecule has 2 rings (SSSR count). The van der Waals surface area contributed by atoms with Crippen LogP contribution in [0.15, 0.2) is 30.5 Å². The summed E-state index contributed by atoms with van der Waals surface area (Å²) in [5, 5.41) is 1.78. The van der Waals surface area contributed by atoms with Crippen molar-refractivity contribution in [1.29, 1.82) is 0 Å². The van der Waals surface area contributed by atoms with Crippen LogP contribution >= 0.6 is 0 Å². The van der Waals surface area contributed by atoms with Crippen molar-refractivity contribution in [1.82, 2.24) is 4.98 Å². The fourth-order valence-electron chi connectivity index (χ4n) is 1.62. The molecule has 17 heavy (non-hydrogen) atoms. The summed E-state index contributed by atoms with van der Waals surface area (Å²) in [4.78, 5) is 15.3. The summed E-state index contributed by atoms with van der Waals surface area (Å²) in [6, 6.07) is 7.06. The van der Waals surface area contributed by atoms with Crippen LogP contribution in [0.4, 0.5) is 0 Å². The van der Waals surface area contributed by atoms with Gasteiger partial charge in [0.05, 0.1) is 6.10 Å². The Morgan fingerprint density at radius 2 is 2.12 bits per heavy atom. The molecule has 0 radical (unpaired) electrons. The van der Waals surface area contributed by atoms with Gasteiger partial charge >= 0.3 is 0 Å². The van der Waals surface area contributed by atoms with Gasteiger partial charge in [0.25, 0.3) is 0 Å². The maximum absolute atomic E-state index is 11.1. The number of ether oxygens (including phenoxy) is 1. The van der Waals surface area contributed by atoms with Crippen molar-refractivity contribution in [2.75, 3.05) is 0 Å². The van der Waals surface area contributed by atoms with Crippen LogP contribution in [0.25, 0.3) is 10.8 Å². The van der Waals surface area contributed by atoms with Gasteiger partial charge in [-0.05, 0) is 43.5 Å². The molecule has 1 aromatic heterocycles. The van der Waals surface area contributed by atoms with Gasteiger partial charge in [-0.25, -0.2) is 4.98 Å². The Kier molecular flexibility index (Phi) is 2.95. The molecule has 0 unspecified atom stereocenters. The number of amides is 1. The standard InChI is InChI=1S/C13H14N2O2/c1-8(2)17-13-11-4-3-10(12(14)16)7-9(11)5-6-15-13/h3-8H,1-2H3,(H2,14,16). The Bertz CT molecular complexity index is 564. The Labute approximate surface area is 99.4 Å². The molecular formula is C13H14N2O2. The van der Waals surface area contributed by atoms with Crippen LogP contribution < -0.4 is 10.5 Å². The first-order valence-electron chi connectivity index (χ1n) is 5.43. The number of nitrogens with zero attached hydrogens (tertiary/aromatic N) is 1. The lowest BCUT2D eigenvalue weighted by Crippen LogP contribution is -2.11. The zero-order valence-electron chi connectivity index (χ0n) is 9.81. The number of aromatic nitrogens is 1. The number of rotatable bonds is 3. The molecule has 4 nitrogen and oxygen atoms in total. The predicted octanol–water partition coefficient (Wildman–Crippen LogP) is 2.12. The lowest BCUT2D eigenvalue weighted by Gasteiger charge is -2.11. The van der Waals surface area contributed by atoms with E-state index in [9.17, 15) is 4.79 Å². The number of benzene rings is 1. The molecule has 0 aliphatic carbocycles. The first-order chi connectivity index (χ1) is 8.08. The number of pyridine rings is 1. The van der Waals surface area contributed by atoms with E-state index in [1.165, 1.54) is 0 Å². The quantitative estimate of drug-likeness (QED) is 0.878. The topological polar surface area (TPSA) is 65.2 Å². The lowest BCUT2D eigenvalue weighted by atomic mass is 10.1. The molecule has 1 heterocycles. The summed E-state index contributed by atoms with van der Waals surface area (Å²) in [6.07, 6.45) is 1.72. The van der Waals surface area contributed by atoms with E-state index < -0.39 is 5.91 Å². The van der Waals surface area contributed by atoms with E-state index in [0.717, 1.165) is 10.8 Å². The molecule has 0 aliphatic rings. The van der Waals surface area contributed by atoms with Gasteiger partial charge in [-0.3, -0.25) is 4.79 Å². The van der Waals surface area contributed by atoms with Gasteiger partial charge in [0, 0.05) is 17.1 Å². The van der Waals surface area contributed by atoms with Gasteiger partial charge in [-0.1, -0.05) is 0 Å². The van der Waals surface area contributed by atoms with Crippen molar-refractivity contribution < 1.29 is 9.53 Å². The summed E-state index contributed by atoms with van der Waals surface area (Å²) < 4.78 is 5.60. The van der Waals surface area contributed by atoms with Crippen molar-refractivity contribution in [3.63, 3.8) is 0 Å². The van der Waals surface area contributed by atoms with Crippen LogP contribution in [0.5, 0.6) is 5.88 Å². The van der Waals surface area contributed by atoms with Gasteiger partial charge in [-0.15, -0.1) is 0 Å². The van der Waals surface area contributed by atoms with Crippen LogP contribution in [-0.4, -0.2) is 17.0 Å². The minimum atomic E-state index is -0.435. The van der Waals surface area contributed by atoms with E-state index in [2.05, 4.69) is 4.98 Å². The molecule has 2 aromatic rings. The molecule has 0 spiro atoms. The number of primary amides is 1. The molecule has 88 valence electrons. The normalized spacial score (nSPS) is 10.8. The largest absolute Gasteiger partial charge is 0.475 e. The SMILES string of the molecule is CC(C)Oc1nccc2cc(C(N)=O)ccc12. The number of fused-ring (bicyclic) bond motifs is 1. The van der Waals surface area contributed by atoms with Crippen LogP contribution in [0.1, 0.15) is 24.2 Å². The highest BCUT2D eigenvalue weighted by atomic mass is 16.5. The van der Waals surface area contributed by atoms with Gasteiger partial charge in [0.15, 0.2) is 0 Å². The molecule has 1 aromatic carbocycles. The van der Waals surface area contributed by atoms with Crippen molar-refractivity contribution in [3.05, 3.63) is 36.0 Å². The first-order valence-corrected chi connectivity index (χ1v) is 5.43. The first kappa shape index (κ1) is 11.4. The highest BCUT2D eigenvalue weighted by Gasteiger charge is 2.07. The van der Waals surface area contributed by atoms with Crippen LogP contribution in [-0.2, 0) is 0 Å². The highest BCUT2D eigenvalue weighted by Crippen LogP contribution is 2.24. The third kappa shape index (κ3) is 2.36. The van der Waals surface area contributed by atoms with E-state index >= 15 is 0 Å². The third-order valence-corrected chi connectivity index (χ3v) is 2.36. The summed E-state index contributed by atoms with van der Waals surface area (Å²) >= 11 is 0. The summed E-state index contributed by atoms with van der Waals surface area (Å²) in [6.45, 7) is 3.89. The predicted molar refractivity (Wildman–Crippen MR) is 66.0 cm³/mol. The third-order valence-electron chi connectivity index (χ3n) is 2.36. The van der Waals surface area contributed by atoms with Crippen molar-refractivity contribution in [3.8, 4) is 5.88 Å². The van der Waals surface area contributed by atoms with Gasteiger partial charge in [0.1, 0.15) is 0 Å². The zero-order chi connectivity index (χ0) is 12.4. The monoisotopic (exact) mass is 230 g/mol. The maximum Gasteiger partial charge on any atom is 0.248 e. The Morgan fingerprint density at radius 3 is 2.76 bits per heavy atom. The summed E-state index contributed by atoms with van der Waals surface area (Å²) in [5.74, 6) is 0.142. The van der Waals surface area contributed by atoms with E-state index in [1.807, 2.05) is 19.9 Å². The number of carbonyl (C=O) groups excluding carboxylic acids is 1. The molecular weight excluding hydrogens is 216 g/mol. The molecule has 0 aliphatic heterocycles. The second-order valence-corrected chi connectivity index (χ2v) is 4.08. The summed E-state index contributed by atoms with van der Waals surface area (Å²) in [5.41, 5.74) is 5.72. The summed E-state index contributed by atoms with van der Waals surface area (Å²) in [7, 11) is 0. The van der Waals surface area contributed by atoms with Crippen LogP contribution in [0, 0.1) is 0 Å². The van der Waals surface area contributed by atoms with E-state index in [4.69, 9.17) is 10.5 Å². The fraction of sp³-hybridized carbons (Fsp3) is 0.231. The van der Waals surface area contributed by atoms with Crippen LogP contribution in [0.3, 0.4) is 0 Å². The zero-order valence-corrected chi connectivity index (χ0v) is 9.81. The molecule has 2 N–H and O–H groups in total. The molecule has 1 amide bonds.